The molecule has 0 aromatic heterocycles. The molecule has 5 nitrogen and oxygen atoms in total. The highest BCUT2D eigenvalue weighted by molar-refractivity contribution is 6.39. The predicted octanol–water partition coefficient (Wildman–Crippen LogP) is 1.32. The maximum Gasteiger partial charge on any atom is 0.313 e. The first-order valence-corrected chi connectivity index (χ1v) is 6.70. The van der Waals surface area contributed by atoms with Gasteiger partial charge in [0.15, 0.2) is 0 Å². The third-order valence-electron chi connectivity index (χ3n) is 3.36. The molecule has 114 valence electrons. The average Bonchev–Trinajstić information content (AvgIpc) is 2.40. The van der Waals surface area contributed by atoms with E-state index in [0.29, 0.717) is 31.7 Å². The molecule has 0 heterocycles. The largest absolute Gasteiger partial charge is 0.393 e. The van der Waals surface area contributed by atoms with Gasteiger partial charge in [-0.2, -0.15) is 0 Å². The number of benzene rings is 1. The lowest BCUT2D eigenvalue weighted by Crippen LogP contribution is -2.43. The minimum atomic E-state index is -0.980. The highest BCUT2D eigenvalue weighted by Crippen LogP contribution is 2.18. The topological polar surface area (TPSA) is 78.4 Å². The Morgan fingerprint density at radius 1 is 1.00 bits per heavy atom. The first-order valence-electron chi connectivity index (χ1n) is 6.70. The van der Waals surface area contributed by atoms with Gasteiger partial charge in [-0.3, -0.25) is 9.59 Å². The van der Waals surface area contributed by atoms with E-state index in [1.54, 1.807) is 0 Å². The summed E-state index contributed by atoms with van der Waals surface area (Å²) in [7, 11) is 0. The summed E-state index contributed by atoms with van der Waals surface area (Å²) in [5.74, 6) is -3.52. The number of hydrogen-bond acceptors (Lipinski definition) is 3. The molecule has 0 atom stereocenters. The lowest BCUT2D eigenvalue weighted by atomic mass is 9.93. The minimum Gasteiger partial charge on any atom is -0.393 e. The van der Waals surface area contributed by atoms with Gasteiger partial charge in [-0.25, -0.2) is 8.78 Å². The second kappa shape index (κ2) is 6.62. The molecule has 21 heavy (non-hydrogen) atoms. The molecule has 0 bridgehead atoms. The molecule has 1 aromatic rings. The van der Waals surface area contributed by atoms with Crippen LogP contribution in [0.2, 0.25) is 0 Å². The second-order valence-corrected chi connectivity index (χ2v) is 5.09. The number of aliphatic hydroxyl groups excluding tert-OH is 1. The van der Waals surface area contributed by atoms with Crippen molar-refractivity contribution in [3.05, 3.63) is 29.8 Å². The zero-order chi connectivity index (χ0) is 15.4. The molecule has 0 aliphatic heterocycles. The summed E-state index contributed by atoms with van der Waals surface area (Å²) in [5.41, 5.74) is -0.119. The number of amides is 2. The predicted molar refractivity (Wildman–Crippen MR) is 71.4 cm³/mol. The number of carbonyl (C=O) groups is 2. The van der Waals surface area contributed by atoms with E-state index < -0.39 is 23.4 Å². The number of aliphatic hydroxyl groups is 1. The van der Waals surface area contributed by atoms with Crippen LogP contribution in [0.5, 0.6) is 0 Å². The van der Waals surface area contributed by atoms with Crippen LogP contribution in [0.1, 0.15) is 25.7 Å². The van der Waals surface area contributed by atoms with Crippen molar-refractivity contribution < 1.29 is 23.5 Å². The molecule has 7 heteroatoms. The van der Waals surface area contributed by atoms with Gasteiger partial charge < -0.3 is 15.7 Å². The lowest BCUT2D eigenvalue weighted by molar-refractivity contribution is -0.136. The van der Waals surface area contributed by atoms with Crippen molar-refractivity contribution in [1.29, 1.82) is 0 Å². The maximum atomic E-state index is 13.0. The summed E-state index contributed by atoms with van der Waals surface area (Å²) in [6, 6.07) is 2.34. The monoisotopic (exact) mass is 298 g/mol. The Balaban J connectivity index is 1.89. The van der Waals surface area contributed by atoms with Crippen molar-refractivity contribution >= 4 is 17.5 Å². The second-order valence-electron chi connectivity index (χ2n) is 5.09. The van der Waals surface area contributed by atoms with E-state index in [-0.39, 0.29) is 17.8 Å². The van der Waals surface area contributed by atoms with E-state index in [9.17, 15) is 23.5 Å². The van der Waals surface area contributed by atoms with Crippen LogP contribution < -0.4 is 10.6 Å². The van der Waals surface area contributed by atoms with Crippen LogP contribution in [-0.4, -0.2) is 29.1 Å². The SMILES string of the molecule is O=C(Nc1cc(F)cc(F)c1)C(=O)NC1CCC(O)CC1. The number of anilines is 1. The third kappa shape index (κ3) is 4.49. The van der Waals surface area contributed by atoms with Gasteiger partial charge in [-0.1, -0.05) is 0 Å². The van der Waals surface area contributed by atoms with Gasteiger partial charge in [-0.05, 0) is 37.8 Å². The van der Waals surface area contributed by atoms with Gasteiger partial charge >= 0.3 is 11.8 Å². The average molecular weight is 298 g/mol. The van der Waals surface area contributed by atoms with E-state index in [1.807, 2.05) is 0 Å². The van der Waals surface area contributed by atoms with Crippen molar-refractivity contribution in [1.82, 2.24) is 5.32 Å². The minimum absolute atomic E-state index is 0.119. The summed E-state index contributed by atoms with van der Waals surface area (Å²) in [6.45, 7) is 0. The van der Waals surface area contributed by atoms with Crippen LogP contribution in [0, 0.1) is 11.6 Å². The van der Waals surface area contributed by atoms with Crippen molar-refractivity contribution in [2.75, 3.05) is 5.32 Å². The van der Waals surface area contributed by atoms with E-state index in [1.165, 1.54) is 0 Å². The van der Waals surface area contributed by atoms with Crippen LogP contribution >= 0.6 is 0 Å². The number of carbonyl (C=O) groups excluding carboxylic acids is 2. The fourth-order valence-electron chi connectivity index (χ4n) is 2.28. The van der Waals surface area contributed by atoms with Gasteiger partial charge in [0.25, 0.3) is 0 Å². The van der Waals surface area contributed by atoms with Crippen LogP contribution in [0.25, 0.3) is 0 Å². The smallest absolute Gasteiger partial charge is 0.313 e. The third-order valence-corrected chi connectivity index (χ3v) is 3.36. The molecule has 0 unspecified atom stereocenters. The highest BCUT2D eigenvalue weighted by atomic mass is 19.1. The molecular formula is C14H16F2N2O3. The summed E-state index contributed by atoms with van der Waals surface area (Å²) < 4.78 is 25.9. The molecule has 1 aromatic carbocycles. The first-order chi connectivity index (χ1) is 9.94. The fourth-order valence-corrected chi connectivity index (χ4v) is 2.28. The number of rotatable bonds is 2. The van der Waals surface area contributed by atoms with Gasteiger partial charge in [0, 0.05) is 17.8 Å². The normalized spacial score (nSPS) is 21.7. The molecule has 3 N–H and O–H groups in total. The van der Waals surface area contributed by atoms with Gasteiger partial charge in [-0.15, -0.1) is 0 Å². The van der Waals surface area contributed by atoms with Crippen LogP contribution in [0.4, 0.5) is 14.5 Å². The summed E-state index contributed by atoms with van der Waals surface area (Å²) in [6.07, 6.45) is 1.97. The van der Waals surface area contributed by atoms with Crippen LogP contribution in [-0.2, 0) is 9.59 Å². The molecular weight excluding hydrogens is 282 g/mol. The van der Waals surface area contributed by atoms with E-state index >= 15 is 0 Å². The molecule has 1 fully saturated rings. The Hall–Kier alpha value is -2.02. The van der Waals surface area contributed by atoms with Crippen molar-refractivity contribution in [2.45, 2.75) is 37.8 Å². The Kier molecular flexibility index (Phi) is 4.85. The van der Waals surface area contributed by atoms with E-state index in [0.717, 1.165) is 12.1 Å². The Labute approximate surface area is 120 Å². The molecule has 1 aliphatic carbocycles. The van der Waals surface area contributed by atoms with Crippen molar-refractivity contribution in [2.24, 2.45) is 0 Å². The molecule has 1 saturated carbocycles. The Morgan fingerprint density at radius 3 is 2.14 bits per heavy atom. The van der Waals surface area contributed by atoms with Crippen LogP contribution in [0.15, 0.2) is 18.2 Å². The summed E-state index contributed by atoms with van der Waals surface area (Å²) in [4.78, 5) is 23.3. The number of nitrogens with one attached hydrogen (secondary N) is 2. The maximum absolute atomic E-state index is 13.0. The van der Waals surface area contributed by atoms with Gasteiger partial charge in [0.2, 0.25) is 0 Å². The lowest BCUT2D eigenvalue weighted by Gasteiger charge is -2.25. The molecule has 1 aliphatic rings. The van der Waals surface area contributed by atoms with E-state index in [2.05, 4.69) is 10.6 Å². The number of halogens is 2. The quantitative estimate of drug-likeness (QED) is 0.721. The summed E-state index contributed by atoms with van der Waals surface area (Å²) >= 11 is 0. The Morgan fingerprint density at radius 2 is 1.57 bits per heavy atom. The molecule has 2 amide bonds. The standard InChI is InChI=1S/C14H16F2N2O3/c15-8-5-9(16)7-11(6-8)18-14(21)13(20)17-10-1-3-12(19)4-2-10/h5-7,10,12,19H,1-4H2,(H,17,20)(H,18,21). The molecule has 0 radical (unpaired) electrons. The van der Waals surface area contributed by atoms with Gasteiger partial charge in [0.1, 0.15) is 11.6 Å². The Bertz CT molecular complexity index is 523. The first kappa shape index (κ1) is 15.4. The van der Waals surface area contributed by atoms with E-state index in [4.69, 9.17) is 0 Å². The molecule has 2 rings (SSSR count). The summed E-state index contributed by atoms with van der Waals surface area (Å²) in [5, 5.41) is 14.0. The molecule has 0 spiro atoms. The highest BCUT2D eigenvalue weighted by Gasteiger charge is 2.23. The van der Waals surface area contributed by atoms with Crippen molar-refractivity contribution in [3.8, 4) is 0 Å². The zero-order valence-electron chi connectivity index (χ0n) is 11.2. The van der Waals surface area contributed by atoms with Crippen LogP contribution in [0.3, 0.4) is 0 Å². The fraction of sp³-hybridized carbons (Fsp3) is 0.429. The number of hydrogen-bond donors (Lipinski definition) is 3. The van der Waals surface area contributed by atoms with Crippen molar-refractivity contribution in [3.63, 3.8) is 0 Å². The van der Waals surface area contributed by atoms with Gasteiger partial charge in [0.05, 0.1) is 6.10 Å². The molecule has 0 saturated heterocycles. The zero-order valence-corrected chi connectivity index (χ0v) is 11.2.